The first-order chi connectivity index (χ1) is 13.7. The monoisotopic (exact) mass is 392 g/mol. The van der Waals surface area contributed by atoms with Crippen molar-refractivity contribution < 1.29 is 9.90 Å². The van der Waals surface area contributed by atoms with Gasteiger partial charge in [0.05, 0.1) is 30.2 Å². The van der Waals surface area contributed by atoms with Gasteiger partial charge in [-0.1, -0.05) is 41.9 Å². The Hall–Kier alpha value is -3.22. The second kappa shape index (κ2) is 7.80. The molecule has 7 heteroatoms. The first-order valence-corrected chi connectivity index (χ1v) is 9.11. The minimum Gasteiger partial charge on any atom is -0.394 e. The van der Waals surface area contributed by atoms with Crippen molar-refractivity contribution in [3.05, 3.63) is 89.2 Å². The van der Waals surface area contributed by atoms with Gasteiger partial charge in [-0.3, -0.25) is 4.79 Å². The molecule has 0 radical (unpaired) electrons. The molecule has 1 amide bonds. The highest BCUT2D eigenvalue weighted by Gasteiger charge is 2.18. The summed E-state index contributed by atoms with van der Waals surface area (Å²) in [5.74, 6) is -0.276. The molecule has 0 aliphatic heterocycles. The van der Waals surface area contributed by atoms with Gasteiger partial charge < -0.3 is 10.4 Å². The summed E-state index contributed by atoms with van der Waals surface area (Å²) in [5, 5.41) is 17.9. The molecule has 2 heterocycles. The third-order valence-electron chi connectivity index (χ3n) is 4.38. The van der Waals surface area contributed by atoms with Gasteiger partial charge in [0.2, 0.25) is 0 Å². The molecule has 140 valence electrons. The van der Waals surface area contributed by atoms with Crippen molar-refractivity contribution in [1.29, 1.82) is 0 Å². The Labute approximate surface area is 166 Å². The average molecular weight is 393 g/mol. The number of nitrogens with one attached hydrogen (secondary N) is 1. The molecule has 0 saturated heterocycles. The van der Waals surface area contributed by atoms with Crippen molar-refractivity contribution in [3.8, 4) is 11.3 Å². The van der Waals surface area contributed by atoms with Crippen LogP contribution in [-0.4, -0.2) is 32.2 Å². The summed E-state index contributed by atoms with van der Waals surface area (Å²) in [7, 11) is 0. The predicted octanol–water partition coefficient (Wildman–Crippen LogP) is 3.51. The van der Waals surface area contributed by atoms with E-state index in [1.54, 1.807) is 53.2 Å². The van der Waals surface area contributed by atoms with Gasteiger partial charge in [0.25, 0.3) is 5.91 Å². The van der Waals surface area contributed by atoms with Crippen LogP contribution in [0, 0.1) is 0 Å². The van der Waals surface area contributed by atoms with Crippen molar-refractivity contribution in [2.75, 3.05) is 6.61 Å². The number of imidazole rings is 1. The fourth-order valence-corrected chi connectivity index (χ4v) is 3.15. The molecular weight excluding hydrogens is 376 g/mol. The number of fused-ring (bicyclic) bond motifs is 1. The van der Waals surface area contributed by atoms with Crippen molar-refractivity contribution in [1.82, 2.24) is 19.9 Å². The molecule has 4 rings (SSSR count). The fraction of sp³-hybridized carbons (Fsp3) is 0.0952. The Morgan fingerprint density at radius 3 is 2.68 bits per heavy atom. The number of halogens is 1. The minimum atomic E-state index is -0.647. The van der Waals surface area contributed by atoms with E-state index in [1.807, 2.05) is 24.3 Å². The molecule has 2 aromatic carbocycles. The van der Waals surface area contributed by atoms with Crippen molar-refractivity contribution in [2.24, 2.45) is 0 Å². The smallest absolute Gasteiger partial charge is 0.251 e. The Morgan fingerprint density at radius 1 is 1.11 bits per heavy atom. The summed E-state index contributed by atoms with van der Waals surface area (Å²) >= 11 is 6.10. The molecule has 0 aliphatic carbocycles. The highest BCUT2D eigenvalue weighted by atomic mass is 35.5. The van der Waals surface area contributed by atoms with Crippen LogP contribution in [0.4, 0.5) is 0 Å². The molecule has 6 nitrogen and oxygen atoms in total. The largest absolute Gasteiger partial charge is 0.394 e. The lowest BCUT2D eigenvalue weighted by Crippen LogP contribution is -2.31. The molecule has 2 N–H and O–H groups in total. The Balaban J connectivity index is 1.68. The van der Waals surface area contributed by atoms with Crippen LogP contribution in [0.5, 0.6) is 0 Å². The fourth-order valence-electron chi connectivity index (χ4n) is 2.96. The molecule has 0 saturated carbocycles. The molecular formula is C21H17ClN4O2. The van der Waals surface area contributed by atoms with Gasteiger partial charge in [0, 0.05) is 16.1 Å². The van der Waals surface area contributed by atoms with Gasteiger partial charge in [-0.25, -0.2) is 9.50 Å². The van der Waals surface area contributed by atoms with E-state index in [2.05, 4.69) is 15.4 Å². The van der Waals surface area contributed by atoms with Gasteiger partial charge in [0.15, 0.2) is 5.65 Å². The third-order valence-corrected chi connectivity index (χ3v) is 4.62. The van der Waals surface area contributed by atoms with E-state index in [0.717, 1.165) is 11.3 Å². The molecule has 1 atom stereocenters. The summed E-state index contributed by atoms with van der Waals surface area (Å²) in [6.45, 7) is -0.279. The zero-order valence-corrected chi connectivity index (χ0v) is 15.5. The first kappa shape index (κ1) is 18.2. The zero-order valence-electron chi connectivity index (χ0n) is 14.8. The number of carbonyl (C=O) groups excluding carboxylic acids is 1. The van der Waals surface area contributed by atoms with E-state index in [1.165, 1.54) is 0 Å². The summed E-state index contributed by atoms with van der Waals surface area (Å²) in [4.78, 5) is 16.8. The SMILES string of the molecule is O=C(NC(CO)c1ccc2ncc(-c3cccc(Cl)c3)n2n1)c1ccccc1. The standard InChI is InChI=1S/C21H17ClN4O2/c22-16-8-4-7-15(11-16)19-12-23-20-10-9-17(25-26(19)20)18(13-27)24-21(28)14-5-2-1-3-6-14/h1-12,18,27H,13H2,(H,24,28). The van der Waals surface area contributed by atoms with E-state index in [-0.39, 0.29) is 12.5 Å². The maximum Gasteiger partial charge on any atom is 0.251 e. The normalized spacial score (nSPS) is 12.1. The summed E-state index contributed by atoms with van der Waals surface area (Å²) < 4.78 is 1.68. The second-order valence-corrected chi connectivity index (χ2v) is 6.69. The summed E-state index contributed by atoms with van der Waals surface area (Å²) in [6, 6.07) is 19.2. The number of carbonyl (C=O) groups is 1. The Kier molecular flexibility index (Phi) is 5.06. The molecule has 1 unspecified atom stereocenters. The van der Waals surface area contributed by atoms with E-state index >= 15 is 0 Å². The van der Waals surface area contributed by atoms with Gasteiger partial charge in [-0.05, 0) is 36.4 Å². The van der Waals surface area contributed by atoms with Gasteiger partial charge in [0.1, 0.15) is 0 Å². The maximum atomic E-state index is 12.4. The molecule has 0 fully saturated rings. The van der Waals surface area contributed by atoms with E-state index in [4.69, 9.17) is 11.6 Å². The average Bonchev–Trinajstić information content (AvgIpc) is 3.15. The quantitative estimate of drug-likeness (QED) is 0.544. The maximum absolute atomic E-state index is 12.4. The zero-order chi connectivity index (χ0) is 19.5. The van der Waals surface area contributed by atoms with Crippen molar-refractivity contribution in [2.45, 2.75) is 6.04 Å². The van der Waals surface area contributed by atoms with E-state index < -0.39 is 6.04 Å². The third kappa shape index (κ3) is 3.60. The van der Waals surface area contributed by atoms with Crippen LogP contribution < -0.4 is 5.32 Å². The first-order valence-electron chi connectivity index (χ1n) is 8.73. The number of hydrogen-bond donors (Lipinski definition) is 2. The van der Waals surface area contributed by atoms with Gasteiger partial charge >= 0.3 is 0 Å². The number of nitrogens with zero attached hydrogens (tertiary/aromatic N) is 3. The summed E-state index contributed by atoms with van der Waals surface area (Å²) in [6.07, 6.45) is 1.72. The van der Waals surface area contributed by atoms with Crippen LogP contribution >= 0.6 is 11.6 Å². The Bertz CT molecular complexity index is 1130. The van der Waals surface area contributed by atoms with Crippen molar-refractivity contribution in [3.63, 3.8) is 0 Å². The van der Waals surface area contributed by atoms with Crippen LogP contribution in [0.2, 0.25) is 5.02 Å². The summed E-state index contributed by atoms with van der Waals surface area (Å²) in [5.41, 5.74) is 3.35. The lowest BCUT2D eigenvalue weighted by Gasteiger charge is -2.16. The second-order valence-electron chi connectivity index (χ2n) is 6.26. The van der Waals surface area contributed by atoms with Crippen LogP contribution in [0.15, 0.2) is 72.9 Å². The number of aliphatic hydroxyl groups is 1. The van der Waals surface area contributed by atoms with Crippen LogP contribution in [0.25, 0.3) is 16.9 Å². The number of amides is 1. The van der Waals surface area contributed by atoms with E-state index in [9.17, 15) is 9.90 Å². The molecule has 0 spiro atoms. The predicted molar refractivity (Wildman–Crippen MR) is 107 cm³/mol. The Morgan fingerprint density at radius 2 is 1.93 bits per heavy atom. The lowest BCUT2D eigenvalue weighted by atomic mass is 10.1. The molecule has 28 heavy (non-hydrogen) atoms. The minimum absolute atomic E-state index is 0.276. The van der Waals surface area contributed by atoms with Crippen molar-refractivity contribution >= 4 is 23.2 Å². The molecule has 0 aliphatic rings. The number of benzene rings is 2. The molecule has 2 aromatic heterocycles. The number of hydrogen-bond acceptors (Lipinski definition) is 4. The van der Waals surface area contributed by atoms with E-state index in [0.29, 0.717) is 21.9 Å². The highest BCUT2D eigenvalue weighted by Crippen LogP contribution is 2.24. The van der Waals surface area contributed by atoms with Crippen LogP contribution in [0.1, 0.15) is 22.1 Å². The molecule has 0 bridgehead atoms. The van der Waals surface area contributed by atoms with Crippen LogP contribution in [0.3, 0.4) is 0 Å². The van der Waals surface area contributed by atoms with Crippen LogP contribution in [-0.2, 0) is 0 Å². The number of aromatic nitrogens is 3. The van der Waals surface area contributed by atoms with Gasteiger partial charge in [-0.2, -0.15) is 5.10 Å². The van der Waals surface area contributed by atoms with Gasteiger partial charge in [-0.15, -0.1) is 0 Å². The topological polar surface area (TPSA) is 79.5 Å². The number of aliphatic hydroxyl groups excluding tert-OH is 1. The highest BCUT2D eigenvalue weighted by molar-refractivity contribution is 6.30. The lowest BCUT2D eigenvalue weighted by molar-refractivity contribution is 0.0914. The molecule has 4 aromatic rings. The number of rotatable bonds is 5.